The lowest BCUT2D eigenvalue weighted by Gasteiger charge is -2.25. The fraction of sp³-hybridized carbons (Fsp3) is 0.429. The Bertz CT molecular complexity index is 744. The van der Waals surface area contributed by atoms with Crippen LogP contribution in [0.25, 0.3) is 0 Å². The molecule has 0 radical (unpaired) electrons. The Morgan fingerprint density at radius 1 is 1.58 bits per heavy atom. The highest BCUT2D eigenvalue weighted by molar-refractivity contribution is 5.93. The van der Waals surface area contributed by atoms with Gasteiger partial charge in [0.2, 0.25) is 0 Å². The monoisotopic (exact) mass is 354 g/mol. The molecular weight excluding hydrogens is 328 g/mol. The number of aromatic carboxylic acids is 1. The van der Waals surface area contributed by atoms with Gasteiger partial charge >= 0.3 is 5.97 Å². The topological polar surface area (TPSA) is 71.5 Å². The molecule has 0 aromatic carbocycles. The van der Waals surface area contributed by atoms with E-state index in [9.17, 15) is 9.90 Å². The van der Waals surface area contributed by atoms with Crippen molar-refractivity contribution >= 4 is 11.7 Å². The van der Waals surface area contributed by atoms with Gasteiger partial charge in [-0.25, -0.2) is 4.79 Å². The zero-order chi connectivity index (χ0) is 18.9. The van der Waals surface area contributed by atoms with Crippen molar-refractivity contribution in [2.75, 3.05) is 18.5 Å². The van der Waals surface area contributed by atoms with Crippen molar-refractivity contribution in [1.82, 2.24) is 4.98 Å². The Kier molecular flexibility index (Phi) is 7.28. The summed E-state index contributed by atoms with van der Waals surface area (Å²) in [6.07, 6.45) is 14.8. The summed E-state index contributed by atoms with van der Waals surface area (Å²) in [7, 11) is 0. The molecule has 0 fully saturated rings. The van der Waals surface area contributed by atoms with Crippen LogP contribution in [-0.4, -0.2) is 29.2 Å². The fourth-order valence-corrected chi connectivity index (χ4v) is 3.15. The number of carboxylic acids is 1. The molecule has 0 bridgehead atoms. The summed E-state index contributed by atoms with van der Waals surface area (Å²) in [4.78, 5) is 15.3. The van der Waals surface area contributed by atoms with Gasteiger partial charge in [-0.3, -0.25) is 4.98 Å². The van der Waals surface area contributed by atoms with Gasteiger partial charge in [0, 0.05) is 24.2 Å². The van der Waals surface area contributed by atoms with Crippen LogP contribution in [0.15, 0.2) is 41.4 Å². The molecule has 138 valence electrons. The molecule has 1 unspecified atom stereocenters. The first-order chi connectivity index (χ1) is 12.6. The number of anilines is 1. The smallest absolute Gasteiger partial charge is 0.337 e. The quantitative estimate of drug-likeness (QED) is 0.539. The summed E-state index contributed by atoms with van der Waals surface area (Å²) in [6.45, 7) is 5.31. The van der Waals surface area contributed by atoms with E-state index >= 15 is 0 Å². The van der Waals surface area contributed by atoms with Crippen LogP contribution in [-0.2, 0) is 4.74 Å². The van der Waals surface area contributed by atoms with Crippen LogP contribution in [0.5, 0.6) is 0 Å². The maximum Gasteiger partial charge on any atom is 0.337 e. The number of pyridine rings is 1. The first kappa shape index (κ1) is 19.6. The lowest BCUT2D eigenvalue weighted by Crippen LogP contribution is -2.21. The van der Waals surface area contributed by atoms with Crippen LogP contribution >= 0.6 is 0 Å². The number of aromatic nitrogens is 1. The third kappa shape index (κ3) is 5.13. The second-order valence-corrected chi connectivity index (χ2v) is 6.38. The van der Waals surface area contributed by atoms with Crippen LogP contribution < -0.4 is 5.32 Å². The number of carbonyl (C=O) groups is 1. The summed E-state index contributed by atoms with van der Waals surface area (Å²) >= 11 is 0. The van der Waals surface area contributed by atoms with Gasteiger partial charge in [0.15, 0.2) is 0 Å². The fourth-order valence-electron chi connectivity index (χ4n) is 3.15. The average Bonchev–Trinajstić information content (AvgIpc) is 2.64. The predicted molar refractivity (Wildman–Crippen MR) is 103 cm³/mol. The molecule has 1 aliphatic rings. The average molecular weight is 354 g/mol. The minimum Gasteiger partial charge on any atom is -0.498 e. The van der Waals surface area contributed by atoms with Gasteiger partial charge < -0.3 is 15.2 Å². The lowest BCUT2D eigenvalue weighted by atomic mass is 9.82. The molecule has 0 spiro atoms. The van der Waals surface area contributed by atoms with Gasteiger partial charge in [-0.1, -0.05) is 12.8 Å². The molecule has 1 atom stereocenters. The van der Waals surface area contributed by atoms with Crippen LogP contribution in [0.2, 0.25) is 0 Å². The molecule has 0 saturated carbocycles. The highest BCUT2D eigenvalue weighted by atomic mass is 16.5. The molecule has 26 heavy (non-hydrogen) atoms. The first-order valence-corrected chi connectivity index (χ1v) is 8.98. The number of nitrogens with one attached hydrogen (secondary N) is 1. The number of allylic oxidation sites excluding steroid dienone is 3. The SMILES string of the molecule is C#CC1=C(/C=C(\C)OCCC)CCCC1CNc1cnccc1C(=O)O. The van der Waals surface area contributed by atoms with Crippen LogP contribution in [0.1, 0.15) is 49.9 Å². The molecule has 1 aliphatic carbocycles. The summed E-state index contributed by atoms with van der Waals surface area (Å²) in [6, 6.07) is 1.49. The molecule has 0 amide bonds. The second-order valence-electron chi connectivity index (χ2n) is 6.38. The summed E-state index contributed by atoms with van der Waals surface area (Å²) in [5.41, 5.74) is 2.85. The van der Waals surface area contributed by atoms with E-state index in [1.165, 1.54) is 18.5 Å². The number of hydrogen-bond donors (Lipinski definition) is 2. The van der Waals surface area contributed by atoms with E-state index < -0.39 is 5.97 Å². The normalized spacial score (nSPS) is 17.6. The van der Waals surface area contributed by atoms with Crippen LogP contribution in [0, 0.1) is 18.3 Å². The van der Waals surface area contributed by atoms with Crippen LogP contribution in [0.4, 0.5) is 5.69 Å². The minimum atomic E-state index is -0.974. The van der Waals surface area contributed by atoms with E-state index in [-0.39, 0.29) is 11.5 Å². The molecule has 2 rings (SSSR count). The molecule has 2 N–H and O–H groups in total. The Labute approximate surface area is 155 Å². The number of hydrogen-bond acceptors (Lipinski definition) is 4. The van der Waals surface area contributed by atoms with Crippen molar-refractivity contribution in [3.05, 3.63) is 47.0 Å². The van der Waals surface area contributed by atoms with Crippen molar-refractivity contribution < 1.29 is 14.6 Å². The largest absolute Gasteiger partial charge is 0.498 e. The van der Waals surface area contributed by atoms with E-state index in [1.807, 2.05) is 13.0 Å². The number of carboxylic acid groups (broad SMARTS) is 1. The van der Waals surface area contributed by atoms with Gasteiger partial charge in [0.1, 0.15) is 0 Å². The maximum atomic E-state index is 11.3. The molecule has 5 heteroatoms. The second kappa shape index (κ2) is 9.67. The number of nitrogens with zero attached hydrogens (tertiary/aromatic N) is 1. The summed E-state index contributed by atoms with van der Waals surface area (Å²) in [5.74, 6) is 2.92. The summed E-state index contributed by atoms with van der Waals surface area (Å²) in [5, 5.41) is 12.5. The van der Waals surface area contributed by atoms with Crippen molar-refractivity contribution in [1.29, 1.82) is 0 Å². The van der Waals surface area contributed by atoms with E-state index in [0.717, 1.165) is 42.6 Å². The highest BCUT2D eigenvalue weighted by Crippen LogP contribution is 2.32. The predicted octanol–water partition coefficient (Wildman–Crippen LogP) is 4.25. The lowest BCUT2D eigenvalue weighted by molar-refractivity contribution is 0.0697. The Hall–Kier alpha value is -2.74. The number of terminal acetylenes is 1. The molecular formula is C21H26N2O3. The first-order valence-electron chi connectivity index (χ1n) is 8.98. The van der Waals surface area contributed by atoms with E-state index in [4.69, 9.17) is 11.2 Å². The third-order valence-electron chi connectivity index (χ3n) is 4.41. The zero-order valence-corrected chi connectivity index (χ0v) is 15.4. The van der Waals surface area contributed by atoms with E-state index in [0.29, 0.717) is 18.8 Å². The van der Waals surface area contributed by atoms with Gasteiger partial charge in [-0.05, 0) is 50.3 Å². The molecule has 1 aromatic rings. The molecule has 1 heterocycles. The van der Waals surface area contributed by atoms with Gasteiger partial charge in [0.05, 0.1) is 29.8 Å². The minimum absolute atomic E-state index is 0.167. The molecule has 5 nitrogen and oxygen atoms in total. The van der Waals surface area contributed by atoms with E-state index in [2.05, 4.69) is 23.1 Å². The van der Waals surface area contributed by atoms with Gasteiger partial charge in [0.25, 0.3) is 0 Å². The Morgan fingerprint density at radius 2 is 2.38 bits per heavy atom. The highest BCUT2D eigenvalue weighted by Gasteiger charge is 2.22. The number of rotatable bonds is 8. The van der Waals surface area contributed by atoms with Crippen molar-refractivity contribution in [3.63, 3.8) is 0 Å². The summed E-state index contributed by atoms with van der Waals surface area (Å²) < 4.78 is 5.66. The van der Waals surface area contributed by atoms with E-state index in [1.54, 1.807) is 0 Å². The Morgan fingerprint density at radius 3 is 3.08 bits per heavy atom. The Balaban J connectivity index is 2.15. The molecule has 1 aromatic heterocycles. The van der Waals surface area contributed by atoms with Crippen molar-refractivity contribution in [2.24, 2.45) is 5.92 Å². The van der Waals surface area contributed by atoms with Crippen molar-refractivity contribution in [2.45, 2.75) is 39.5 Å². The maximum absolute atomic E-state index is 11.3. The van der Waals surface area contributed by atoms with Crippen molar-refractivity contribution in [3.8, 4) is 12.3 Å². The van der Waals surface area contributed by atoms with Crippen LogP contribution in [0.3, 0.4) is 0 Å². The standard InChI is InChI=1S/C21H26N2O3/c1-4-11-26-15(3)12-16-7-6-8-17(18(16)5-2)13-23-20-14-22-10-9-19(20)21(24)25/h2,9-10,12,14,17,23H,4,6-8,11,13H2,1,3H3,(H,24,25)/b15-12+. The number of ether oxygens (including phenoxy) is 1. The zero-order valence-electron chi connectivity index (χ0n) is 15.4. The molecule has 0 aliphatic heterocycles. The van der Waals surface area contributed by atoms with Gasteiger partial charge in [-0.15, -0.1) is 6.42 Å². The molecule has 0 saturated heterocycles. The van der Waals surface area contributed by atoms with Gasteiger partial charge in [-0.2, -0.15) is 0 Å². The third-order valence-corrected chi connectivity index (χ3v) is 4.41.